The Morgan fingerprint density at radius 3 is 2.73 bits per heavy atom. The number of thiazole rings is 1. The molecule has 5 heteroatoms. The van der Waals surface area contributed by atoms with Gasteiger partial charge in [0.05, 0.1) is 10.6 Å². The van der Waals surface area contributed by atoms with Crippen molar-refractivity contribution in [3.05, 3.63) is 53.8 Å². The monoisotopic (exact) mass is 329 g/mol. The van der Waals surface area contributed by atoms with Crippen LogP contribution >= 0.6 is 22.9 Å². The Morgan fingerprint density at radius 1 is 1.09 bits per heavy atom. The first-order valence-corrected chi connectivity index (χ1v) is 8.39. The molecule has 2 heterocycles. The number of hydrogen-bond donors (Lipinski definition) is 1. The van der Waals surface area contributed by atoms with Crippen molar-refractivity contribution in [1.82, 2.24) is 9.97 Å². The fourth-order valence-corrected chi connectivity index (χ4v) is 3.28. The highest BCUT2D eigenvalue weighted by molar-refractivity contribution is 7.18. The molecular weight excluding hydrogens is 314 g/mol. The predicted octanol–water partition coefficient (Wildman–Crippen LogP) is 5.35. The molecule has 112 valence electrons. The van der Waals surface area contributed by atoms with Gasteiger partial charge in [-0.1, -0.05) is 48.1 Å². The Hall–Kier alpha value is -1.91. The van der Waals surface area contributed by atoms with Crippen LogP contribution in [-0.4, -0.2) is 16.5 Å². The molecule has 0 aliphatic heterocycles. The van der Waals surface area contributed by atoms with Crippen molar-refractivity contribution in [2.45, 2.75) is 13.3 Å². The molecular formula is C17H16ClN3S. The summed E-state index contributed by atoms with van der Waals surface area (Å²) < 4.78 is 0. The number of aromatic nitrogens is 2. The summed E-state index contributed by atoms with van der Waals surface area (Å²) in [4.78, 5) is 10.1. The highest BCUT2D eigenvalue weighted by atomic mass is 35.5. The molecule has 0 saturated heterocycles. The first-order valence-electron chi connectivity index (χ1n) is 7.19. The van der Waals surface area contributed by atoms with Crippen LogP contribution in [0.4, 0.5) is 5.13 Å². The maximum absolute atomic E-state index is 6.33. The van der Waals surface area contributed by atoms with Gasteiger partial charge in [-0.2, -0.15) is 0 Å². The van der Waals surface area contributed by atoms with Crippen molar-refractivity contribution < 1.29 is 0 Å². The molecule has 0 aliphatic rings. The number of halogens is 1. The van der Waals surface area contributed by atoms with Gasteiger partial charge in [0.1, 0.15) is 0 Å². The lowest BCUT2D eigenvalue weighted by atomic mass is 10.1. The summed E-state index contributed by atoms with van der Waals surface area (Å²) in [5.74, 6) is 0. The third-order valence-electron chi connectivity index (χ3n) is 3.23. The lowest BCUT2D eigenvalue weighted by Crippen LogP contribution is -1.97. The Balaban J connectivity index is 2.02. The fraction of sp³-hybridized carbons (Fsp3) is 0.176. The van der Waals surface area contributed by atoms with E-state index in [4.69, 9.17) is 11.6 Å². The molecule has 0 saturated carbocycles. The van der Waals surface area contributed by atoms with Crippen LogP contribution in [0.15, 0.2) is 48.8 Å². The Morgan fingerprint density at radius 2 is 1.91 bits per heavy atom. The van der Waals surface area contributed by atoms with Crippen molar-refractivity contribution >= 4 is 28.1 Å². The maximum atomic E-state index is 6.33. The van der Waals surface area contributed by atoms with Crippen LogP contribution in [0.3, 0.4) is 0 Å². The average molecular weight is 330 g/mol. The van der Waals surface area contributed by atoms with Crippen molar-refractivity contribution in [3.63, 3.8) is 0 Å². The van der Waals surface area contributed by atoms with Gasteiger partial charge in [-0.05, 0) is 24.6 Å². The smallest absolute Gasteiger partial charge is 0.183 e. The zero-order valence-corrected chi connectivity index (χ0v) is 13.8. The largest absolute Gasteiger partial charge is 0.362 e. The Kier molecular flexibility index (Phi) is 4.71. The molecule has 3 rings (SSSR count). The van der Waals surface area contributed by atoms with Gasteiger partial charge in [-0.3, -0.25) is 4.98 Å². The molecule has 0 fully saturated rings. The van der Waals surface area contributed by atoms with Gasteiger partial charge in [0.2, 0.25) is 0 Å². The fourth-order valence-electron chi connectivity index (χ4n) is 2.18. The zero-order valence-electron chi connectivity index (χ0n) is 12.2. The average Bonchev–Trinajstić information content (AvgIpc) is 3.02. The summed E-state index contributed by atoms with van der Waals surface area (Å²) in [7, 11) is 0. The second-order valence-electron chi connectivity index (χ2n) is 4.84. The van der Waals surface area contributed by atoms with Crippen LogP contribution < -0.4 is 5.32 Å². The van der Waals surface area contributed by atoms with E-state index < -0.39 is 0 Å². The zero-order chi connectivity index (χ0) is 15.4. The second kappa shape index (κ2) is 6.90. The van der Waals surface area contributed by atoms with E-state index in [1.54, 1.807) is 17.5 Å². The number of rotatable bonds is 5. The molecule has 0 aliphatic carbocycles. The topological polar surface area (TPSA) is 37.8 Å². The standard InChI is InChI=1S/C17H16ClN3S/c1-2-9-20-17-21-11-15(22-17)13-7-5-10-19-16(13)12-6-3-4-8-14(12)18/h3-8,10-11H,2,9H2,1H3,(H,20,21). The summed E-state index contributed by atoms with van der Waals surface area (Å²) in [6, 6.07) is 11.8. The second-order valence-corrected chi connectivity index (χ2v) is 6.27. The SMILES string of the molecule is CCCNc1ncc(-c2cccnc2-c2ccccc2Cl)s1. The van der Waals surface area contributed by atoms with Crippen molar-refractivity contribution in [2.75, 3.05) is 11.9 Å². The molecule has 1 aromatic carbocycles. The van der Waals surface area contributed by atoms with Gasteiger partial charge in [0.15, 0.2) is 5.13 Å². The number of pyridine rings is 1. The van der Waals surface area contributed by atoms with Crippen molar-refractivity contribution in [2.24, 2.45) is 0 Å². The van der Waals surface area contributed by atoms with E-state index in [2.05, 4.69) is 28.3 Å². The van der Waals surface area contributed by atoms with E-state index in [1.807, 2.05) is 36.5 Å². The van der Waals surface area contributed by atoms with Gasteiger partial charge >= 0.3 is 0 Å². The lowest BCUT2D eigenvalue weighted by Gasteiger charge is -2.08. The van der Waals surface area contributed by atoms with Crippen LogP contribution in [0, 0.1) is 0 Å². The summed E-state index contributed by atoms with van der Waals surface area (Å²) in [6.45, 7) is 3.06. The minimum atomic E-state index is 0.705. The number of nitrogens with one attached hydrogen (secondary N) is 1. The Labute approximate surface area is 139 Å². The molecule has 1 N–H and O–H groups in total. The quantitative estimate of drug-likeness (QED) is 0.685. The van der Waals surface area contributed by atoms with Gasteiger partial charge in [0, 0.05) is 35.1 Å². The summed E-state index contributed by atoms with van der Waals surface area (Å²) in [5, 5.41) is 4.96. The molecule has 3 nitrogen and oxygen atoms in total. The van der Waals surface area contributed by atoms with E-state index in [-0.39, 0.29) is 0 Å². The van der Waals surface area contributed by atoms with Crippen LogP contribution in [-0.2, 0) is 0 Å². The molecule has 3 aromatic rings. The molecule has 0 bridgehead atoms. The molecule has 0 atom stereocenters. The minimum absolute atomic E-state index is 0.705. The predicted molar refractivity (Wildman–Crippen MR) is 94.6 cm³/mol. The molecule has 0 amide bonds. The maximum Gasteiger partial charge on any atom is 0.183 e. The van der Waals surface area contributed by atoms with E-state index in [0.29, 0.717) is 5.02 Å². The number of hydrogen-bond acceptors (Lipinski definition) is 4. The van der Waals surface area contributed by atoms with E-state index in [9.17, 15) is 0 Å². The summed E-state index contributed by atoms with van der Waals surface area (Å²) >= 11 is 7.96. The first kappa shape index (κ1) is 15.0. The number of benzene rings is 1. The highest BCUT2D eigenvalue weighted by Crippen LogP contribution is 2.37. The van der Waals surface area contributed by atoms with Gasteiger partial charge in [0.25, 0.3) is 0 Å². The van der Waals surface area contributed by atoms with E-state index >= 15 is 0 Å². The van der Waals surface area contributed by atoms with Gasteiger partial charge in [-0.25, -0.2) is 4.98 Å². The molecule has 0 unspecified atom stereocenters. The molecule has 22 heavy (non-hydrogen) atoms. The third kappa shape index (κ3) is 3.13. The third-order valence-corrected chi connectivity index (χ3v) is 4.55. The lowest BCUT2D eigenvalue weighted by molar-refractivity contribution is 0.976. The van der Waals surface area contributed by atoms with Crippen molar-refractivity contribution in [1.29, 1.82) is 0 Å². The van der Waals surface area contributed by atoms with Crippen molar-refractivity contribution in [3.8, 4) is 21.7 Å². The molecule has 0 spiro atoms. The van der Waals surface area contributed by atoms with Gasteiger partial charge < -0.3 is 5.32 Å². The van der Waals surface area contributed by atoms with Crippen LogP contribution in [0.25, 0.3) is 21.7 Å². The highest BCUT2D eigenvalue weighted by Gasteiger charge is 2.13. The van der Waals surface area contributed by atoms with Crippen LogP contribution in [0.2, 0.25) is 5.02 Å². The minimum Gasteiger partial charge on any atom is -0.362 e. The summed E-state index contributed by atoms with van der Waals surface area (Å²) in [6.07, 6.45) is 4.76. The van der Waals surface area contributed by atoms with E-state index in [1.165, 1.54) is 0 Å². The molecule has 0 radical (unpaired) electrons. The number of nitrogens with zero attached hydrogens (tertiary/aromatic N) is 2. The summed E-state index contributed by atoms with van der Waals surface area (Å²) in [5.41, 5.74) is 2.88. The van der Waals surface area contributed by atoms with Crippen LogP contribution in [0.1, 0.15) is 13.3 Å². The van der Waals surface area contributed by atoms with Gasteiger partial charge in [-0.15, -0.1) is 0 Å². The van der Waals surface area contributed by atoms with Crippen LogP contribution in [0.5, 0.6) is 0 Å². The first-order chi connectivity index (χ1) is 10.8. The normalized spacial score (nSPS) is 10.6. The van der Waals surface area contributed by atoms with E-state index in [0.717, 1.165) is 39.8 Å². The number of anilines is 1. The Bertz CT molecular complexity index is 770. The molecule has 2 aromatic heterocycles.